The van der Waals surface area contributed by atoms with Crippen LogP contribution in [0.25, 0.3) is 22.4 Å². The highest BCUT2D eigenvalue weighted by atomic mass is 16.7. The Balaban J connectivity index is 1.83. The Bertz CT molecular complexity index is 996. The maximum Gasteiger partial charge on any atom is 0.259 e. The number of hydrogen-bond acceptors (Lipinski definition) is 6. The fourth-order valence-electron chi connectivity index (χ4n) is 2.88. The van der Waals surface area contributed by atoms with Gasteiger partial charge in [-0.05, 0) is 44.5 Å². The number of rotatable bonds is 4. The Morgan fingerprint density at radius 3 is 2.88 bits per heavy atom. The van der Waals surface area contributed by atoms with E-state index in [0.717, 1.165) is 12.0 Å². The fourth-order valence-corrected chi connectivity index (χ4v) is 2.88. The normalized spacial score (nSPS) is 13.8. The summed E-state index contributed by atoms with van der Waals surface area (Å²) in [4.78, 5) is 17.3. The Morgan fingerprint density at radius 1 is 1.27 bits per heavy atom. The second-order valence-electron chi connectivity index (χ2n) is 6.35. The van der Waals surface area contributed by atoms with Gasteiger partial charge < -0.3 is 19.3 Å². The molecule has 0 saturated carbocycles. The van der Waals surface area contributed by atoms with Crippen LogP contribution in [0.5, 0.6) is 11.5 Å². The Hall–Kier alpha value is -3.09. The number of nitrogens with zero attached hydrogens (tertiary/aromatic N) is 2. The third kappa shape index (κ3) is 2.75. The lowest BCUT2D eigenvalue weighted by Gasteiger charge is -2.12. The Labute approximate surface area is 150 Å². The molecule has 1 amide bonds. The molecule has 1 aliphatic heterocycles. The molecular weight excluding hydrogens is 334 g/mol. The van der Waals surface area contributed by atoms with Gasteiger partial charge in [0.15, 0.2) is 11.5 Å². The molecule has 1 N–H and O–H groups in total. The van der Waals surface area contributed by atoms with Gasteiger partial charge in [-0.25, -0.2) is 4.98 Å². The average molecular weight is 353 g/mol. The Morgan fingerprint density at radius 2 is 2.08 bits per heavy atom. The summed E-state index contributed by atoms with van der Waals surface area (Å²) < 4.78 is 16.1. The predicted octanol–water partition coefficient (Wildman–Crippen LogP) is 3.46. The molecular formula is C19H19N3O4. The molecule has 7 heteroatoms. The number of hydrogen-bond donors (Lipinski definition) is 1. The van der Waals surface area contributed by atoms with Crippen LogP contribution in [0.2, 0.25) is 0 Å². The third-order valence-corrected chi connectivity index (χ3v) is 4.52. The molecule has 0 radical (unpaired) electrons. The van der Waals surface area contributed by atoms with Gasteiger partial charge in [0.05, 0.1) is 22.3 Å². The monoisotopic (exact) mass is 353 g/mol. The number of pyridine rings is 1. The van der Waals surface area contributed by atoms with E-state index in [4.69, 9.17) is 14.0 Å². The molecule has 1 atom stereocenters. The van der Waals surface area contributed by atoms with E-state index >= 15 is 0 Å². The molecule has 1 aromatic carbocycles. The van der Waals surface area contributed by atoms with Crippen LogP contribution in [-0.2, 0) is 0 Å². The fraction of sp³-hybridized carbons (Fsp3) is 0.316. The van der Waals surface area contributed by atoms with E-state index in [9.17, 15) is 4.79 Å². The zero-order valence-corrected chi connectivity index (χ0v) is 14.8. The van der Waals surface area contributed by atoms with Gasteiger partial charge in [0.2, 0.25) is 6.79 Å². The molecule has 3 heterocycles. The lowest BCUT2D eigenvalue weighted by Crippen LogP contribution is -2.32. The molecule has 0 saturated heterocycles. The number of nitrogens with one attached hydrogen (secondary N) is 1. The molecule has 26 heavy (non-hydrogen) atoms. The molecule has 3 aromatic rings. The molecule has 7 nitrogen and oxygen atoms in total. The second-order valence-corrected chi connectivity index (χ2v) is 6.35. The van der Waals surface area contributed by atoms with Gasteiger partial charge in [-0.15, -0.1) is 0 Å². The van der Waals surface area contributed by atoms with Gasteiger partial charge in [0.25, 0.3) is 11.6 Å². The van der Waals surface area contributed by atoms with Crippen LogP contribution in [0.15, 0.2) is 28.8 Å². The third-order valence-electron chi connectivity index (χ3n) is 4.52. The minimum Gasteiger partial charge on any atom is -0.454 e. The van der Waals surface area contributed by atoms with Gasteiger partial charge in [-0.1, -0.05) is 12.1 Å². The van der Waals surface area contributed by atoms with E-state index in [1.54, 1.807) is 13.0 Å². The summed E-state index contributed by atoms with van der Waals surface area (Å²) in [6, 6.07) is 7.38. The van der Waals surface area contributed by atoms with Crippen LogP contribution < -0.4 is 14.8 Å². The van der Waals surface area contributed by atoms with Crippen molar-refractivity contribution in [1.82, 2.24) is 15.5 Å². The van der Waals surface area contributed by atoms with E-state index in [0.29, 0.717) is 39.6 Å². The Kier molecular flexibility index (Phi) is 3.99. The van der Waals surface area contributed by atoms with Crippen molar-refractivity contribution in [2.45, 2.75) is 33.2 Å². The molecule has 0 fully saturated rings. The van der Waals surface area contributed by atoms with Crippen LogP contribution in [0.3, 0.4) is 0 Å². The van der Waals surface area contributed by atoms with Gasteiger partial charge in [-0.2, -0.15) is 0 Å². The quantitative estimate of drug-likeness (QED) is 0.773. The summed E-state index contributed by atoms with van der Waals surface area (Å²) in [6.45, 7) is 5.99. The number of fused-ring (bicyclic) bond motifs is 2. The summed E-state index contributed by atoms with van der Waals surface area (Å²) in [6.07, 6.45) is 0.845. The number of benzene rings is 1. The topological polar surface area (TPSA) is 86.5 Å². The first-order chi connectivity index (χ1) is 12.6. The van der Waals surface area contributed by atoms with Gasteiger partial charge >= 0.3 is 0 Å². The predicted molar refractivity (Wildman–Crippen MR) is 95.3 cm³/mol. The van der Waals surface area contributed by atoms with Crippen LogP contribution in [-0.4, -0.2) is 28.9 Å². The summed E-state index contributed by atoms with van der Waals surface area (Å²) in [5, 5.41) is 7.60. The summed E-state index contributed by atoms with van der Waals surface area (Å²) in [5.74, 6) is 1.18. The van der Waals surface area contributed by atoms with Crippen molar-refractivity contribution in [3.05, 3.63) is 35.5 Å². The zero-order valence-electron chi connectivity index (χ0n) is 14.8. The molecule has 0 aliphatic carbocycles. The second kappa shape index (κ2) is 6.33. The van der Waals surface area contributed by atoms with E-state index in [-0.39, 0.29) is 18.7 Å². The van der Waals surface area contributed by atoms with Crippen molar-refractivity contribution in [1.29, 1.82) is 0 Å². The molecule has 2 aromatic heterocycles. The first kappa shape index (κ1) is 16.4. The van der Waals surface area contributed by atoms with E-state index in [2.05, 4.69) is 15.5 Å². The van der Waals surface area contributed by atoms with Gasteiger partial charge in [0.1, 0.15) is 0 Å². The van der Waals surface area contributed by atoms with E-state index in [1.807, 2.05) is 32.0 Å². The first-order valence-electron chi connectivity index (χ1n) is 8.54. The highest BCUT2D eigenvalue weighted by Crippen LogP contribution is 2.36. The average Bonchev–Trinajstić information content (AvgIpc) is 3.26. The van der Waals surface area contributed by atoms with Crippen molar-refractivity contribution in [3.8, 4) is 22.8 Å². The highest BCUT2D eigenvalue weighted by molar-refractivity contribution is 6.07. The van der Waals surface area contributed by atoms with Crippen LogP contribution >= 0.6 is 0 Å². The number of amides is 1. The maximum absolute atomic E-state index is 12.8. The molecule has 4 rings (SSSR count). The molecule has 0 spiro atoms. The molecule has 134 valence electrons. The number of ether oxygens (including phenoxy) is 2. The lowest BCUT2D eigenvalue weighted by atomic mass is 10.0. The van der Waals surface area contributed by atoms with Crippen LogP contribution in [0.1, 0.15) is 36.3 Å². The lowest BCUT2D eigenvalue weighted by molar-refractivity contribution is 0.0941. The van der Waals surface area contributed by atoms with Gasteiger partial charge in [-0.3, -0.25) is 4.79 Å². The number of carbonyl (C=O) groups excluding carboxylic acids is 1. The zero-order chi connectivity index (χ0) is 18.3. The van der Waals surface area contributed by atoms with Crippen molar-refractivity contribution in [3.63, 3.8) is 0 Å². The van der Waals surface area contributed by atoms with E-state index < -0.39 is 0 Å². The van der Waals surface area contributed by atoms with E-state index in [1.165, 1.54) is 0 Å². The summed E-state index contributed by atoms with van der Waals surface area (Å²) in [7, 11) is 0. The van der Waals surface area contributed by atoms with Crippen LogP contribution in [0, 0.1) is 6.92 Å². The number of carbonyl (C=O) groups is 1. The largest absolute Gasteiger partial charge is 0.454 e. The SMILES string of the molecule is CC[C@H](C)NC(=O)c1cc(-c2ccc3c(c2)OCO3)nc2onc(C)c12. The smallest absolute Gasteiger partial charge is 0.259 e. The number of aryl methyl sites for hydroxylation is 1. The summed E-state index contributed by atoms with van der Waals surface area (Å²) in [5.41, 5.74) is 2.90. The highest BCUT2D eigenvalue weighted by Gasteiger charge is 2.21. The van der Waals surface area contributed by atoms with Crippen molar-refractivity contribution >= 4 is 17.0 Å². The maximum atomic E-state index is 12.8. The molecule has 0 bridgehead atoms. The minimum absolute atomic E-state index is 0.0693. The number of aromatic nitrogens is 2. The van der Waals surface area contributed by atoms with Crippen molar-refractivity contribution < 1.29 is 18.8 Å². The van der Waals surface area contributed by atoms with Gasteiger partial charge in [0, 0.05) is 11.6 Å². The minimum atomic E-state index is -0.167. The standard InChI is InChI=1S/C19H19N3O4/c1-4-10(2)20-18(23)13-8-14(21-19-17(13)11(3)22-26-19)12-5-6-15-16(7-12)25-9-24-15/h5-8,10H,4,9H2,1-3H3,(H,20,23)/t10-/m0/s1. The van der Waals surface area contributed by atoms with Crippen molar-refractivity contribution in [2.75, 3.05) is 6.79 Å². The van der Waals surface area contributed by atoms with Crippen molar-refractivity contribution in [2.24, 2.45) is 0 Å². The summed E-state index contributed by atoms with van der Waals surface area (Å²) >= 11 is 0. The molecule has 1 aliphatic rings. The van der Waals surface area contributed by atoms with Crippen LogP contribution in [0.4, 0.5) is 0 Å². The molecule has 0 unspecified atom stereocenters. The first-order valence-corrected chi connectivity index (χ1v) is 8.54.